The molecular formula is C18H31NO2. The maximum atomic E-state index is 12.0. The van der Waals surface area contributed by atoms with Gasteiger partial charge in [0.2, 0.25) is 5.91 Å². The second-order valence-corrected chi connectivity index (χ2v) is 7.47. The van der Waals surface area contributed by atoms with E-state index in [2.05, 4.69) is 5.32 Å². The molecule has 0 saturated heterocycles. The fourth-order valence-electron chi connectivity index (χ4n) is 4.72. The summed E-state index contributed by atoms with van der Waals surface area (Å²) in [4.78, 5) is 12.0. The van der Waals surface area contributed by atoms with Crippen LogP contribution in [0.15, 0.2) is 0 Å². The maximum Gasteiger partial charge on any atom is 0.220 e. The molecule has 0 heterocycles. The Hall–Kier alpha value is -0.570. The molecule has 0 spiro atoms. The zero-order valence-electron chi connectivity index (χ0n) is 13.3. The maximum absolute atomic E-state index is 12.0. The molecule has 0 radical (unpaired) electrons. The minimum atomic E-state index is 0.269. The van der Waals surface area contributed by atoms with Gasteiger partial charge in [-0.3, -0.25) is 4.79 Å². The lowest BCUT2D eigenvalue weighted by Crippen LogP contribution is -2.29. The van der Waals surface area contributed by atoms with Gasteiger partial charge in [-0.2, -0.15) is 0 Å². The normalized spacial score (nSPS) is 32.5. The average Bonchev–Trinajstić information content (AvgIpc) is 3.10. The van der Waals surface area contributed by atoms with Gasteiger partial charge in [0.1, 0.15) is 0 Å². The van der Waals surface area contributed by atoms with Crippen molar-refractivity contribution in [2.45, 2.75) is 76.7 Å². The number of nitrogens with one attached hydrogen (secondary N) is 1. The molecule has 2 bridgehead atoms. The fraction of sp³-hybridized carbons (Fsp3) is 0.944. The molecule has 3 saturated carbocycles. The van der Waals surface area contributed by atoms with Gasteiger partial charge in [-0.25, -0.2) is 0 Å². The fourth-order valence-corrected chi connectivity index (χ4v) is 4.72. The second kappa shape index (κ2) is 7.62. The van der Waals surface area contributed by atoms with Crippen molar-refractivity contribution < 1.29 is 9.53 Å². The van der Waals surface area contributed by atoms with E-state index >= 15 is 0 Å². The standard InChI is InChI=1S/C18H31NO2/c20-18(13-16-12-14-7-8-15(16)11-14)19-9-4-10-21-17-5-2-1-3-6-17/h14-17H,1-13H2,(H,19,20)/t14-,15-,16-/m0/s1. The Kier molecular flexibility index (Phi) is 5.56. The highest BCUT2D eigenvalue weighted by Crippen LogP contribution is 2.49. The summed E-state index contributed by atoms with van der Waals surface area (Å²) in [6.07, 6.45) is 14.2. The quantitative estimate of drug-likeness (QED) is 0.727. The van der Waals surface area contributed by atoms with E-state index in [0.717, 1.165) is 37.8 Å². The van der Waals surface area contributed by atoms with Crippen molar-refractivity contribution in [1.82, 2.24) is 5.32 Å². The van der Waals surface area contributed by atoms with Crippen molar-refractivity contribution >= 4 is 5.91 Å². The molecular weight excluding hydrogens is 262 g/mol. The highest BCUT2D eigenvalue weighted by atomic mass is 16.5. The first-order chi connectivity index (χ1) is 10.3. The van der Waals surface area contributed by atoms with Crippen LogP contribution in [0.5, 0.6) is 0 Å². The van der Waals surface area contributed by atoms with E-state index in [-0.39, 0.29) is 5.91 Å². The lowest BCUT2D eigenvalue weighted by molar-refractivity contribution is -0.122. The summed E-state index contributed by atoms with van der Waals surface area (Å²) in [5.74, 6) is 2.75. The number of carbonyl (C=O) groups excluding carboxylic acids is 1. The van der Waals surface area contributed by atoms with Crippen molar-refractivity contribution in [3.63, 3.8) is 0 Å². The summed E-state index contributed by atoms with van der Waals surface area (Å²) in [5.41, 5.74) is 0. The predicted octanol–water partition coefficient (Wildman–Crippen LogP) is 3.67. The van der Waals surface area contributed by atoms with Crippen molar-refractivity contribution in [3.8, 4) is 0 Å². The van der Waals surface area contributed by atoms with Gasteiger partial charge in [0, 0.05) is 19.6 Å². The third kappa shape index (κ3) is 4.45. The molecule has 3 rings (SSSR count). The number of hydrogen-bond acceptors (Lipinski definition) is 2. The molecule has 1 N–H and O–H groups in total. The number of amides is 1. The van der Waals surface area contributed by atoms with Crippen LogP contribution >= 0.6 is 0 Å². The summed E-state index contributed by atoms with van der Waals surface area (Å²) in [7, 11) is 0. The second-order valence-electron chi connectivity index (χ2n) is 7.47. The number of rotatable bonds is 7. The molecule has 3 atom stereocenters. The molecule has 3 nitrogen and oxygen atoms in total. The minimum Gasteiger partial charge on any atom is -0.378 e. The first-order valence-corrected chi connectivity index (χ1v) is 9.19. The number of hydrogen-bond donors (Lipinski definition) is 1. The van der Waals surface area contributed by atoms with E-state index in [0.29, 0.717) is 12.0 Å². The smallest absolute Gasteiger partial charge is 0.220 e. The largest absolute Gasteiger partial charge is 0.378 e. The monoisotopic (exact) mass is 293 g/mol. The Balaban J connectivity index is 1.21. The van der Waals surface area contributed by atoms with Gasteiger partial charge < -0.3 is 10.1 Å². The lowest BCUT2D eigenvalue weighted by Gasteiger charge is -2.22. The van der Waals surface area contributed by atoms with E-state index in [9.17, 15) is 4.79 Å². The first-order valence-electron chi connectivity index (χ1n) is 9.19. The number of carbonyl (C=O) groups is 1. The highest BCUT2D eigenvalue weighted by Gasteiger charge is 2.39. The van der Waals surface area contributed by atoms with Gasteiger partial charge in [0.05, 0.1) is 6.10 Å². The molecule has 0 aliphatic heterocycles. The van der Waals surface area contributed by atoms with Crippen molar-refractivity contribution in [3.05, 3.63) is 0 Å². The van der Waals surface area contributed by atoms with E-state index in [1.165, 1.54) is 57.8 Å². The molecule has 3 aliphatic rings. The first kappa shape index (κ1) is 15.3. The Morgan fingerprint density at radius 1 is 1.05 bits per heavy atom. The Bertz CT molecular complexity index is 338. The van der Waals surface area contributed by atoms with Gasteiger partial charge in [-0.1, -0.05) is 25.7 Å². The molecule has 0 unspecified atom stereocenters. The number of ether oxygens (including phenoxy) is 1. The molecule has 0 aromatic rings. The third-order valence-corrected chi connectivity index (χ3v) is 5.88. The summed E-state index contributed by atoms with van der Waals surface area (Å²) in [6, 6.07) is 0. The molecule has 0 aromatic carbocycles. The van der Waals surface area contributed by atoms with E-state index in [1.54, 1.807) is 0 Å². The van der Waals surface area contributed by atoms with Gasteiger partial charge in [0.25, 0.3) is 0 Å². The van der Waals surface area contributed by atoms with Crippen LogP contribution in [-0.2, 0) is 9.53 Å². The van der Waals surface area contributed by atoms with Crippen LogP contribution in [-0.4, -0.2) is 25.2 Å². The third-order valence-electron chi connectivity index (χ3n) is 5.88. The van der Waals surface area contributed by atoms with Crippen LogP contribution < -0.4 is 5.32 Å². The van der Waals surface area contributed by atoms with Gasteiger partial charge in [-0.15, -0.1) is 0 Å². The molecule has 3 heteroatoms. The molecule has 21 heavy (non-hydrogen) atoms. The lowest BCUT2D eigenvalue weighted by atomic mass is 9.86. The molecule has 3 fully saturated rings. The minimum absolute atomic E-state index is 0.269. The van der Waals surface area contributed by atoms with Crippen molar-refractivity contribution in [2.24, 2.45) is 17.8 Å². The van der Waals surface area contributed by atoms with Crippen LogP contribution in [0, 0.1) is 17.8 Å². The van der Waals surface area contributed by atoms with E-state index < -0.39 is 0 Å². The van der Waals surface area contributed by atoms with E-state index in [4.69, 9.17) is 4.74 Å². The average molecular weight is 293 g/mol. The number of fused-ring (bicyclic) bond motifs is 2. The summed E-state index contributed by atoms with van der Waals surface area (Å²) < 4.78 is 5.89. The van der Waals surface area contributed by atoms with Crippen molar-refractivity contribution in [2.75, 3.05) is 13.2 Å². The topological polar surface area (TPSA) is 38.3 Å². The Labute approximate surface area is 129 Å². The van der Waals surface area contributed by atoms with Crippen LogP contribution in [0.3, 0.4) is 0 Å². The summed E-state index contributed by atoms with van der Waals surface area (Å²) in [5, 5.41) is 3.09. The SMILES string of the molecule is O=C(C[C@@H]1C[C@H]2CC[C@H]1C2)NCCCOC1CCCCC1. The van der Waals surface area contributed by atoms with Gasteiger partial charge in [-0.05, 0) is 56.3 Å². The predicted molar refractivity (Wildman–Crippen MR) is 84.0 cm³/mol. The molecule has 1 amide bonds. The highest BCUT2D eigenvalue weighted by molar-refractivity contribution is 5.76. The summed E-state index contributed by atoms with van der Waals surface area (Å²) >= 11 is 0. The van der Waals surface area contributed by atoms with Crippen LogP contribution in [0.25, 0.3) is 0 Å². The van der Waals surface area contributed by atoms with Gasteiger partial charge in [0.15, 0.2) is 0 Å². The summed E-state index contributed by atoms with van der Waals surface area (Å²) in [6.45, 7) is 1.59. The van der Waals surface area contributed by atoms with Crippen LogP contribution in [0.2, 0.25) is 0 Å². The zero-order valence-corrected chi connectivity index (χ0v) is 13.3. The molecule has 0 aromatic heterocycles. The Morgan fingerprint density at radius 3 is 2.62 bits per heavy atom. The van der Waals surface area contributed by atoms with Gasteiger partial charge >= 0.3 is 0 Å². The van der Waals surface area contributed by atoms with E-state index in [1.807, 2.05) is 0 Å². The zero-order chi connectivity index (χ0) is 14.5. The Morgan fingerprint density at radius 2 is 1.90 bits per heavy atom. The van der Waals surface area contributed by atoms with Crippen LogP contribution in [0.4, 0.5) is 0 Å². The van der Waals surface area contributed by atoms with Crippen molar-refractivity contribution in [1.29, 1.82) is 0 Å². The molecule has 3 aliphatic carbocycles. The molecule has 120 valence electrons. The van der Waals surface area contributed by atoms with Crippen LogP contribution in [0.1, 0.15) is 70.6 Å².